The van der Waals surface area contributed by atoms with Gasteiger partial charge in [-0.1, -0.05) is 35.5 Å². The van der Waals surface area contributed by atoms with Crippen LogP contribution in [0.1, 0.15) is 43.4 Å². The largest absolute Gasteiger partial charge is 0.360 e. The Morgan fingerprint density at radius 1 is 1.19 bits per heavy atom. The molecule has 0 saturated heterocycles. The number of aromatic nitrogens is 1. The fourth-order valence-electron chi connectivity index (χ4n) is 3.25. The first-order valence-corrected chi connectivity index (χ1v) is 8.16. The van der Waals surface area contributed by atoms with Crippen LogP contribution in [-0.4, -0.2) is 10.9 Å². The lowest BCUT2D eigenvalue weighted by molar-refractivity contribution is -0.121. The van der Waals surface area contributed by atoms with Gasteiger partial charge in [-0.25, -0.2) is 0 Å². The maximum absolute atomic E-state index is 11.6. The van der Waals surface area contributed by atoms with Crippen molar-refractivity contribution in [3.63, 3.8) is 0 Å². The summed E-state index contributed by atoms with van der Waals surface area (Å²) in [6, 6.07) is 12.5. The molecule has 1 heterocycles. The zero-order chi connectivity index (χ0) is 14.7. The lowest BCUT2D eigenvalue weighted by Gasteiger charge is -2.37. The molecule has 1 aliphatic rings. The minimum absolute atomic E-state index is 0.0917. The van der Waals surface area contributed by atoms with Crippen molar-refractivity contribution in [2.24, 2.45) is 0 Å². The number of Topliss-reactive ketones (excluding diaryl/α,β-unsaturated/α-hetero) is 1. The van der Waals surface area contributed by atoms with Crippen molar-refractivity contribution in [2.45, 2.75) is 43.9 Å². The first-order chi connectivity index (χ1) is 10.2. The Balaban J connectivity index is 1.81. The molecule has 1 saturated carbocycles. The smallest absolute Gasteiger partial charge is 0.149 e. The molecular weight excluding hydrogens is 330 g/mol. The van der Waals surface area contributed by atoms with Crippen LogP contribution in [0.3, 0.4) is 0 Å². The Kier molecular flexibility index (Phi) is 4.24. The number of hydrogen-bond acceptors (Lipinski definition) is 3. The highest BCUT2D eigenvalue weighted by Crippen LogP contribution is 2.42. The van der Waals surface area contributed by atoms with Gasteiger partial charge >= 0.3 is 0 Å². The molecule has 3 nitrogen and oxygen atoms in total. The van der Waals surface area contributed by atoms with Gasteiger partial charge in [0.2, 0.25) is 0 Å². The molecule has 3 rings (SSSR count). The van der Waals surface area contributed by atoms with E-state index < -0.39 is 0 Å². The van der Waals surface area contributed by atoms with Gasteiger partial charge in [-0.3, -0.25) is 4.79 Å². The molecule has 0 spiro atoms. The van der Waals surface area contributed by atoms with Crippen molar-refractivity contribution in [1.82, 2.24) is 5.16 Å². The molecule has 0 amide bonds. The third kappa shape index (κ3) is 3.26. The van der Waals surface area contributed by atoms with Gasteiger partial charge in [-0.15, -0.1) is 0 Å². The number of ketones is 1. The molecule has 0 aliphatic heterocycles. The van der Waals surface area contributed by atoms with Gasteiger partial charge in [-0.2, -0.15) is 0 Å². The number of benzene rings is 1. The fourth-order valence-corrected chi connectivity index (χ4v) is 3.58. The summed E-state index contributed by atoms with van der Waals surface area (Å²) in [6.07, 6.45) is 5.09. The number of nitrogens with zero attached hydrogens (tertiary/aromatic N) is 1. The molecule has 110 valence electrons. The maximum Gasteiger partial charge on any atom is 0.149 e. The van der Waals surface area contributed by atoms with Crippen LogP contribution in [0.5, 0.6) is 0 Å². The van der Waals surface area contributed by atoms with Crippen LogP contribution in [0.15, 0.2) is 45.5 Å². The Morgan fingerprint density at radius 2 is 1.90 bits per heavy atom. The summed E-state index contributed by atoms with van der Waals surface area (Å²) in [7, 11) is 0. The summed E-state index contributed by atoms with van der Waals surface area (Å²) >= 11 is 3.31. The molecule has 0 atom stereocenters. The monoisotopic (exact) mass is 347 g/mol. The van der Waals surface area contributed by atoms with E-state index in [0.29, 0.717) is 18.6 Å². The molecule has 0 unspecified atom stereocenters. The second-order valence-electron chi connectivity index (χ2n) is 5.80. The van der Waals surface area contributed by atoms with E-state index in [-0.39, 0.29) is 5.41 Å². The van der Waals surface area contributed by atoms with E-state index in [2.05, 4.69) is 45.4 Å². The molecule has 1 aromatic carbocycles. The number of hydrogen-bond donors (Lipinski definition) is 0. The zero-order valence-electron chi connectivity index (χ0n) is 11.8. The van der Waals surface area contributed by atoms with Gasteiger partial charge in [0.15, 0.2) is 0 Å². The van der Waals surface area contributed by atoms with Gasteiger partial charge in [0.1, 0.15) is 16.1 Å². The highest BCUT2D eigenvalue weighted by molar-refractivity contribution is 9.10. The van der Waals surface area contributed by atoms with Crippen molar-refractivity contribution in [2.75, 3.05) is 0 Å². The molecule has 0 N–H and O–H groups in total. The summed E-state index contributed by atoms with van der Waals surface area (Å²) in [5.74, 6) is 1.29. The average molecular weight is 348 g/mol. The van der Waals surface area contributed by atoms with Crippen LogP contribution in [0.2, 0.25) is 0 Å². The summed E-state index contributed by atoms with van der Waals surface area (Å²) < 4.78 is 6.03. The van der Waals surface area contributed by atoms with Crippen molar-refractivity contribution in [3.05, 3.63) is 52.3 Å². The van der Waals surface area contributed by atoms with Gasteiger partial charge in [-0.05, 0) is 46.2 Å². The van der Waals surface area contributed by atoms with Gasteiger partial charge in [0, 0.05) is 25.3 Å². The molecule has 21 heavy (non-hydrogen) atoms. The highest BCUT2D eigenvalue weighted by atomic mass is 79.9. The maximum atomic E-state index is 11.6. The van der Waals surface area contributed by atoms with Crippen LogP contribution in [-0.2, 0) is 16.6 Å². The SMILES string of the molecule is O=C1CCC(CCc2cc(Br)no2)(c2ccccc2)CC1. The van der Waals surface area contributed by atoms with Crippen LogP contribution < -0.4 is 0 Å². The average Bonchev–Trinajstić information content (AvgIpc) is 2.94. The van der Waals surface area contributed by atoms with E-state index in [1.165, 1.54) is 5.56 Å². The quantitative estimate of drug-likeness (QED) is 0.820. The number of carbonyl (C=O) groups is 1. The minimum Gasteiger partial charge on any atom is -0.360 e. The molecule has 4 heteroatoms. The van der Waals surface area contributed by atoms with E-state index in [1.807, 2.05) is 12.1 Å². The van der Waals surface area contributed by atoms with E-state index >= 15 is 0 Å². The molecular formula is C17H18BrNO2. The zero-order valence-corrected chi connectivity index (χ0v) is 13.4. The normalized spacial score (nSPS) is 17.9. The minimum atomic E-state index is 0.0917. The van der Waals surface area contributed by atoms with E-state index in [9.17, 15) is 4.79 Å². The topological polar surface area (TPSA) is 43.1 Å². The number of carbonyl (C=O) groups excluding carboxylic acids is 1. The van der Waals surface area contributed by atoms with E-state index in [4.69, 9.17) is 4.52 Å². The van der Waals surface area contributed by atoms with Crippen molar-refractivity contribution < 1.29 is 9.32 Å². The van der Waals surface area contributed by atoms with Crippen molar-refractivity contribution >= 4 is 21.7 Å². The molecule has 2 aromatic rings. The van der Waals surface area contributed by atoms with E-state index in [0.717, 1.165) is 36.0 Å². The van der Waals surface area contributed by atoms with Gasteiger partial charge in [0.05, 0.1) is 0 Å². The van der Waals surface area contributed by atoms with Gasteiger partial charge in [0.25, 0.3) is 0 Å². The first kappa shape index (κ1) is 14.5. The van der Waals surface area contributed by atoms with Crippen LogP contribution in [0.25, 0.3) is 0 Å². The van der Waals surface area contributed by atoms with Crippen LogP contribution in [0.4, 0.5) is 0 Å². The molecule has 1 fully saturated rings. The van der Waals surface area contributed by atoms with Crippen LogP contribution >= 0.6 is 15.9 Å². The fraction of sp³-hybridized carbons (Fsp3) is 0.412. The summed E-state index contributed by atoms with van der Waals surface area (Å²) in [5, 5.41) is 3.88. The predicted octanol–water partition coefficient (Wildman–Crippen LogP) is 4.45. The Bertz CT molecular complexity index is 611. The molecule has 0 bridgehead atoms. The third-order valence-corrected chi connectivity index (χ3v) is 4.90. The summed E-state index contributed by atoms with van der Waals surface area (Å²) in [6.45, 7) is 0. The number of rotatable bonds is 4. The lowest BCUT2D eigenvalue weighted by Crippen LogP contribution is -2.32. The summed E-state index contributed by atoms with van der Waals surface area (Å²) in [4.78, 5) is 11.6. The second kappa shape index (κ2) is 6.14. The van der Waals surface area contributed by atoms with Crippen molar-refractivity contribution in [1.29, 1.82) is 0 Å². The molecule has 1 aliphatic carbocycles. The number of halogens is 1. The van der Waals surface area contributed by atoms with Crippen LogP contribution in [0, 0.1) is 0 Å². The van der Waals surface area contributed by atoms with E-state index in [1.54, 1.807) is 0 Å². The second-order valence-corrected chi connectivity index (χ2v) is 6.61. The third-order valence-electron chi connectivity index (χ3n) is 4.53. The molecule has 0 radical (unpaired) electrons. The van der Waals surface area contributed by atoms with Gasteiger partial charge < -0.3 is 4.52 Å². The predicted molar refractivity (Wildman–Crippen MR) is 84.1 cm³/mol. The summed E-state index contributed by atoms with van der Waals surface area (Å²) in [5.41, 5.74) is 1.44. The Morgan fingerprint density at radius 3 is 2.52 bits per heavy atom. The highest BCUT2D eigenvalue weighted by Gasteiger charge is 2.36. The standard InChI is InChI=1S/C17H18BrNO2/c18-16-12-15(21-19-16)8-11-17(9-6-14(20)7-10-17)13-4-2-1-3-5-13/h1-5,12H,6-11H2. The Labute approximate surface area is 132 Å². The molecule has 1 aromatic heterocycles. The Hall–Kier alpha value is -1.42. The first-order valence-electron chi connectivity index (χ1n) is 7.36. The van der Waals surface area contributed by atoms with Crippen molar-refractivity contribution in [3.8, 4) is 0 Å². The number of aryl methyl sites for hydroxylation is 1. The lowest BCUT2D eigenvalue weighted by atomic mass is 9.66.